The Morgan fingerprint density at radius 1 is 0.897 bits per heavy atom. The minimum absolute atomic E-state index is 0.00367. The Balaban J connectivity index is 1.34. The van der Waals surface area contributed by atoms with Gasteiger partial charge in [-0.25, -0.2) is 0 Å². The summed E-state index contributed by atoms with van der Waals surface area (Å²) in [5, 5.41) is 0. The molecule has 0 saturated heterocycles. The quantitative estimate of drug-likeness (QED) is 0.388. The predicted octanol–water partition coefficient (Wildman–Crippen LogP) is 6.01. The smallest absolute Gasteiger partial charge is 0.313 e. The normalized spacial score (nSPS) is 18.9. The molecule has 2 aromatic carbocycles. The van der Waals surface area contributed by atoms with E-state index in [0.29, 0.717) is 18.3 Å². The monoisotopic (exact) mass is 392 g/mol. The van der Waals surface area contributed by atoms with E-state index >= 15 is 0 Å². The second kappa shape index (κ2) is 10.9. The maximum atomic E-state index is 12.2. The minimum atomic E-state index is -0.409. The Bertz CT molecular complexity index is 789. The fourth-order valence-corrected chi connectivity index (χ4v) is 4.38. The van der Waals surface area contributed by atoms with Gasteiger partial charge < -0.3 is 4.74 Å². The van der Waals surface area contributed by atoms with E-state index < -0.39 is 5.97 Å². The lowest BCUT2D eigenvalue weighted by molar-refractivity contribution is -0.147. The molecule has 0 N–H and O–H groups in total. The van der Waals surface area contributed by atoms with Crippen molar-refractivity contribution in [2.45, 2.75) is 70.8 Å². The van der Waals surface area contributed by atoms with Gasteiger partial charge in [0, 0.05) is 6.42 Å². The van der Waals surface area contributed by atoms with Gasteiger partial charge in [-0.15, -0.1) is 0 Å². The van der Waals surface area contributed by atoms with E-state index in [0.717, 1.165) is 18.4 Å². The number of ether oxygens (including phenoxy) is 1. The standard InChI is InChI=1S/C26H32O3/c1-2-21-8-6-7-11-24(21)19-29-26(28)18-25(27)17-14-20-12-15-23(16-13-20)22-9-4-3-5-10-22/h3-11,20,23H,2,12-19H2,1H3. The molecule has 0 atom stereocenters. The van der Waals surface area contributed by atoms with Gasteiger partial charge in [0.25, 0.3) is 0 Å². The van der Waals surface area contributed by atoms with Crippen LogP contribution in [-0.4, -0.2) is 11.8 Å². The second-order valence-electron chi connectivity index (χ2n) is 8.17. The van der Waals surface area contributed by atoms with E-state index in [2.05, 4.69) is 37.3 Å². The number of benzene rings is 2. The van der Waals surface area contributed by atoms with E-state index in [-0.39, 0.29) is 18.8 Å². The zero-order valence-corrected chi connectivity index (χ0v) is 17.4. The average molecular weight is 393 g/mol. The zero-order valence-electron chi connectivity index (χ0n) is 17.4. The minimum Gasteiger partial charge on any atom is -0.460 e. The Kier molecular flexibility index (Phi) is 8.03. The summed E-state index contributed by atoms with van der Waals surface area (Å²) in [6.45, 7) is 2.33. The van der Waals surface area contributed by atoms with Crippen LogP contribution in [-0.2, 0) is 27.4 Å². The molecular formula is C26H32O3. The van der Waals surface area contributed by atoms with Crippen LogP contribution in [0.5, 0.6) is 0 Å². The Morgan fingerprint density at radius 2 is 1.55 bits per heavy atom. The van der Waals surface area contributed by atoms with E-state index in [1.54, 1.807) is 0 Å². The number of esters is 1. The van der Waals surface area contributed by atoms with E-state index in [1.807, 2.05) is 24.3 Å². The molecule has 0 aromatic heterocycles. The molecule has 3 rings (SSSR count). The topological polar surface area (TPSA) is 43.4 Å². The van der Waals surface area contributed by atoms with Gasteiger partial charge in [0.2, 0.25) is 0 Å². The molecule has 1 saturated carbocycles. The van der Waals surface area contributed by atoms with Crippen molar-refractivity contribution in [3.63, 3.8) is 0 Å². The molecule has 0 unspecified atom stereocenters. The maximum absolute atomic E-state index is 12.2. The van der Waals surface area contributed by atoms with Crippen LogP contribution in [0.3, 0.4) is 0 Å². The third-order valence-corrected chi connectivity index (χ3v) is 6.18. The van der Waals surface area contributed by atoms with Gasteiger partial charge >= 0.3 is 5.97 Å². The van der Waals surface area contributed by atoms with Crippen molar-refractivity contribution in [1.82, 2.24) is 0 Å². The van der Waals surface area contributed by atoms with Crippen LogP contribution in [0.1, 0.15) is 74.5 Å². The fourth-order valence-electron chi connectivity index (χ4n) is 4.38. The molecule has 0 aliphatic heterocycles. The Labute approximate surface area is 174 Å². The summed E-state index contributed by atoms with van der Waals surface area (Å²) in [4.78, 5) is 24.2. The lowest BCUT2D eigenvalue weighted by Crippen LogP contribution is -2.16. The number of Topliss-reactive ketones (excluding diaryl/α,β-unsaturated/α-hetero) is 1. The fraction of sp³-hybridized carbons (Fsp3) is 0.462. The van der Waals surface area contributed by atoms with Crippen LogP contribution in [0, 0.1) is 5.92 Å². The van der Waals surface area contributed by atoms with Crippen LogP contribution in [0.2, 0.25) is 0 Å². The maximum Gasteiger partial charge on any atom is 0.313 e. The summed E-state index contributed by atoms with van der Waals surface area (Å²) in [5.74, 6) is 0.855. The van der Waals surface area contributed by atoms with Crippen molar-refractivity contribution in [2.75, 3.05) is 0 Å². The molecular weight excluding hydrogens is 360 g/mol. The van der Waals surface area contributed by atoms with Crippen LogP contribution in [0.25, 0.3) is 0 Å². The van der Waals surface area contributed by atoms with E-state index in [1.165, 1.54) is 36.8 Å². The third kappa shape index (κ3) is 6.56. The Morgan fingerprint density at radius 3 is 2.24 bits per heavy atom. The first-order chi connectivity index (χ1) is 14.2. The van der Waals surface area contributed by atoms with Gasteiger partial charge in [-0.3, -0.25) is 9.59 Å². The van der Waals surface area contributed by atoms with Crippen molar-refractivity contribution in [3.05, 3.63) is 71.3 Å². The lowest BCUT2D eigenvalue weighted by Gasteiger charge is -2.28. The SMILES string of the molecule is CCc1ccccc1COC(=O)CC(=O)CCC1CCC(c2ccccc2)CC1. The molecule has 0 radical (unpaired) electrons. The van der Waals surface area contributed by atoms with Crippen molar-refractivity contribution in [1.29, 1.82) is 0 Å². The van der Waals surface area contributed by atoms with Crippen molar-refractivity contribution < 1.29 is 14.3 Å². The summed E-state index contributed by atoms with van der Waals surface area (Å²) in [5.41, 5.74) is 3.64. The number of hydrogen-bond donors (Lipinski definition) is 0. The Hall–Kier alpha value is -2.42. The van der Waals surface area contributed by atoms with Crippen molar-refractivity contribution in [3.8, 4) is 0 Å². The summed E-state index contributed by atoms with van der Waals surface area (Å²) in [7, 11) is 0. The van der Waals surface area contributed by atoms with Crippen molar-refractivity contribution in [2.24, 2.45) is 5.92 Å². The number of hydrogen-bond acceptors (Lipinski definition) is 3. The first-order valence-corrected chi connectivity index (χ1v) is 10.9. The highest BCUT2D eigenvalue weighted by Gasteiger charge is 2.23. The summed E-state index contributed by atoms with van der Waals surface area (Å²) >= 11 is 0. The number of ketones is 1. The molecule has 1 aliphatic rings. The molecule has 154 valence electrons. The summed E-state index contributed by atoms with van der Waals surface area (Å²) in [6, 6.07) is 18.7. The number of carbonyl (C=O) groups excluding carboxylic acids is 2. The van der Waals surface area contributed by atoms with Crippen molar-refractivity contribution >= 4 is 11.8 Å². The number of aryl methyl sites for hydroxylation is 1. The van der Waals surface area contributed by atoms with Crippen LogP contribution < -0.4 is 0 Å². The van der Waals surface area contributed by atoms with Crippen LogP contribution >= 0.6 is 0 Å². The van der Waals surface area contributed by atoms with E-state index in [4.69, 9.17) is 4.74 Å². The van der Waals surface area contributed by atoms with Gasteiger partial charge in [0.1, 0.15) is 18.8 Å². The summed E-state index contributed by atoms with van der Waals surface area (Å²) in [6.07, 6.45) is 6.92. The van der Waals surface area contributed by atoms with Gasteiger partial charge in [0.15, 0.2) is 0 Å². The number of rotatable bonds is 9. The predicted molar refractivity (Wildman–Crippen MR) is 116 cm³/mol. The number of carbonyl (C=O) groups is 2. The highest BCUT2D eigenvalue weighted by atomic mass is 16.5. The highest BCUT2D eigenvalue weighted by Crippen LogP contribution is 2.37. The lowest BCUT2D eigenvalue weighted by atomic mass is 9.77. The molecule has 1 fully saturated rings. The molecule has 2 aromatic rings. The molecule has 0 amide bonds. The highest BCUT2D eigenvalue weighted by molar-refractivity contribution is 5.95. The molecule has 29 heavy (non-hydrogen) atoms. The summed E-state index contributed by atoms with van der Waals surface area (Å²) < 4.78 is 5.34. The second-order valence-corrected chi connectivity index (χ2v) is 8.17. The molecule has 3 heteroatoms. The average Bonchev–Trinajstić information content (AvgIpc) is 2.77. The first kappa shape index (κ1) is 21.3. The molecule has 0 bridgehead atoms. The zero-order chi connectivity index (χ0) is 20.5. The molecule has 0 spiro atoms. The largest absolute Gasteiger partial charge is 0.460 e. The van der Waals surface area contributed by atoms with Gasteiger partial charge in [-0.1, -0.05) is 61.5 Å². The van der Waals surface area contributed by atoms with E-state index in [9.17, 15) is 9.59 Å². The van der Waals surface area contributed by atoms with Gasteiger partial charge in [-0.2, -0.15) is 0 Å². The van der Waals surface area contributed by atoms with Crippen LogP contribution in [0.15, 0.2) is 54.6 Å². The van der Waals surface area contributed by atoms with Gasteiger partial charge in [-0.05, 0) is 67.1 Å². The van der Waals surface area contributed by atoms with Gasteiger partial charge in [0.05, 0.1) is 0 Å². The van der Waals surface area contributed by atoms with Crippen LogP contribution in [0.4, 0.5) is 0 Å². The first-order valence-electron chi connectivity index (χ1n) is 10.9. The molecule has 1 aliphatic carbocycles. The third-order valence-electron chi connectivity index (χ3n) is 6.18. The molecule has 3 nitrogen and oxygen atoms in total. The molecule has 0 heterocycles.